The average Bonchev–Trinajstić information content (AvgIpc) is 2.65. The Morgan fingerprint density at radius 3 is 2.80 bits per heavy atom. The Kier molecular flexibility index (Phi) is 4.10. The Morgan fingerprint density at radius 1 is 1.00 bits per heavy atom. The second kappa shape index (κ2) is 6.55. The zero-order chi connectivity index (χ0) is 17.2. The second-order valence-electron chi connectivity index (χ2n) is 6.49. The number of aryl methyl sites for hydroxylation is 2. The van der Waals surface area contributed by atoms with Crippen molar-refractivity contribution in [2.24, 2.45) is 0 Å². The van der Waals surface area contributed by atoms with Gasteiger partial charge in [0.15, 0.2) is 0 Å². The molecule has 2 heterocycles. The van der Waals surface area contributed by atoms with Gasteiger partial charge in [-0.15, -0.1) is 0 Å². The summed E-state index contributed by atoms with van der Waals surface area (Å²) >= 11 is 0. The maximum Gasteiger partial charge on any atom is 0.229 e. The van der Waals surface area contributed by atoms with Crippen molar-refractivity contribution in [3.8, 4) is 0 Å². The van der Waals surface area contributed by atoms with Crippen molar-refractivity contribution in [1.82, 2.24) is 9.97 Å². The first-order valence-electron chi connectivity index (χ1n) is 8.74. The van der Waals surface area contributed by atoms with E-state index < -0.39 is 0 Å². The molecule has 4 nitrogen and oxygen atoms in total. The summed E-state index contributed by atoms with van der Waals surface area (Å²) in [7, 11) is 0. The number of hydrogen-bond acceptors (Lipinski definition) is 4. The predicted octanol–water partition coefficient (Wildman–Crippen LogP) is 4.92. The summed E-state index contributed by atoms with van der Waals surface area (Å²) in [5.74, 6) is 1.57. The van der Waals surface area contributed by atoms with Crippen LogP contribution in [0.15, 0.2) is 54.7 Å². The number of aromatic nitrogens is 2. The summed E-state index contributed by atoms with van der Waals surface area (Å²) in [6, 6.07) is 16.8. The van der Waals surface area contributed by atoms with Crippen molar-refractivity contribution in [2.75, 3.05) is 16.8 Å². The van der Waals surface area contributed by atoms with Crippen molar-refractivity contribution in [3.05, 3.63) is 71.4 Å². The van der Waals surface area contributed by atoms with E-state index in [-0.39, 0.29) is 0 Å². The molecule has 0 saturated carbocycles. The fourth-order valence-corrected chi connectivity index (χ4v) is 3.34. The highest BCUT2D eigenvalue weighted by Crippen LogP contribution is 2.32. The summed E-state index contributed by atoms with van der Waals surface area (Å²) < 4.78 is 0. The maximum atomic E-state index is 4.77. The van der Waals surface area contributed by atoms with Crippen LogP contribution in [0.2, 0.25) is 0 Å². The lowest BCUT2D eigenvalue weighted by atomic mass is 10.0. The quantitative estimate of drug-likeness (QED) is 0.740. The van der Waals surface area contributed by atoms with Gasteiger partial charge in [-0.2, -0.15) is 4.98 Å². The maximum absolute atomic E-state index is 4.77. The van der Waals surface area contributed by atoms with Crippen LogP contribution in [0.5, 0.6) is 0 Å². The number of para-hydroxylation sites is 1. The van der Waals surface area contributed by atoms with E-state index in [2.05, 4.69) is 71.5 Å². The molecule has 4 rings (SSSR count). The molecule has 0 amide bonds. The average molecular weight is 330 g/mol. The standard InChI is InChI=1S/C21H22N4/c1-15-7-5-10-18(16(15)2)23-21-22-13-12-20(24-21)25-14-6-9-17-8-3-4-11-19(17)25/h3-5,7-8,10-13H,6,9,14H2,1-2H3,(H,22,23,24). The fraction of sp³-hybridized carbons (Fsp3) is 0.238. The van der Waals surface area contributed by atoms with Gasteiger partial charge in [0.05, 0.1) is 0 Å². The van der Waals surface area contributed by atoms with Crippen LogP contribution in [0.1, 0.15) is 23.1 Å². The minimum absolute atomic E-state index is 0.634. The molecule has 0 radical (unpaired) electrons. The minimum atomic E-state index is 0.634. The Balaban J connectivity index is 1.66. The van der Waals surface area contributed by atoms with Gasteiger partial charge in [0.25, 0.3) is 0 Å². The number of rotatable bonds is 3. The molecule has 0 aliphatic carbocycles. The van der Waals surface area contributed by atoms with Gasteiger partial charge in [0.1, 0.15) is 5.82 Å². The Bertz CT molecular complexity index is 904. The van der Waals surface area contributed by atoms with E-state index in [1.807, 2.05) is 12.3 Å². The van der Waals surface area contributed by atoms with E-state index in [1.54, 1.807) is 0 Å². The van der Waals surface area contributed by atoms with Crippen LogP contribution >= 0.6 is 0 Å². The largest absolute Gasteiger partial charge is 0.326 e. The molecule has 0 unspecified atom stereocenters. The van der Waals surface area contributed by atoms with Gasteiger partial charge < -0.3 is 10.2 Å². The van der Waals surface area contributed by atoms with Crippen molar-refractivity contribution >= 4 is 23.1 Å². The molecule has 0 atom stereocenters. The van der Waals surface area contributed by atoms with E-state index in [0.717, 1.165) is 30.9 Å². The molecule has 3 aromatic rings. The number of hydrogen-bond donors (Lipinski definition) is 1. The Labute approximate surface area is 148 Å². The van der Waals surface area contributed by atoms with Gasteiger partial charge in [-0.25, -0.2) is 4.98 Å². The zero-order valence-corrected chi connectivity index (χ0v) is 14.7. The first kappa shape index (κ1) is 15.6. The van der Waals surface area contributed by atoms with Gasteiger partial charge in [-0.3, -0.25) is 0 Å². The molecule has 0 fully saturated rings. The van der Waals surface area contributed by atoms with E-state index in [1.165, 1.54) is 22.4 Å². The van der Waals surface area contributed by atoms with Gasteiger partial charge in [-0.1, -0.05) is 30.3 Å². The van der Waals surface area contributed by atoms with Gasteiger partial charge in [-0.05, 0) is 61.6 Å². The third-order valence-corrected chi connectivity index (χ3v) is 4.88. The molecule has 1 aliphatic rings. The molecular weight excluding hydrogens is 308 g/mol. The first-order valence-corrected chi connectivity index (χ1v) is 8.74. The summed E-state index contributed by atoms with van der Waals surface area (Å²) in [5.41, 5.74) is 6.17. The van der Waals surface area contributed by atoms with Crippen LogP contribution in [0.3, 0.4) is 0 Å². The van der Waals surface area contributed by atoms with E-state index in [4.69, 9.17) is 4.98 Å². The van der Waals surface area contributed by atoms with E-state index in [9.17, 15) is 0 Å². The fourth-order valence-electron chi connectivity index (χ4n) is 3.34. The molecule has 0 bridgehead atoms. The van der Waals surface area contributed by atoms with Crippen molar-refractivity contribution in [2.45, 2.75) is 26.7 Å². The third kappa shape index (κ3) is 3.07. The normalized spacial score (nSPS) is 13.4. The van der Waals surface area contributed by atoms with Gasteiger partial charge in [0, 0.05) is 24.1 Å². The summed E-state index contributed by atoms with van der Waals surface area (Å²) in [6.07, 6.45) is 4.10. The molecule has 2 aromatic carbocycles. The minimum Gasteiger partial charge on any atom is -0.326 e. The van der Waals surface area contributed by atoms with Crippen LogP contribution in [0.25, 0.3) is 0 Å². The lowest BCUT2D eigenvalue weighted by Gasteiger charge is -2.30. The van der Waals surface area contributed by atoms with E-state index in [0.29, 0.717) is 5.95 Å². The molecule has 0 spiro atoms. The van der Waals surface area contributed by atoms with Gasteiger partial charge >= 0.3 is 0 Å². The smallest absolute Gasteiger partial charge is 0.229 e. The molecule has 126 valence electrons. The van der Waals surface area contributed by atoms with Crippen molar-refractivity contribution < 1.29 is 0 Å². The number of fused-ring (bicyclic) bond motifs is 1. The highest BCUT2D eigenvalue weighted by molar-refractivity contribution is 5.67. The lowest BCUT2D eigenvalue weighted by Crippen LogP contribution is -2.25. The monoisotopic (exact) mass is 330 g/mol. The Hall–Kier alpha value is -2.88. The molecule has 0 saturated heterocycles. The van der Waals surface area contributed by atoms with Crippen LogP contribution in [0, 0.1) is 13.8 Å². The summed E-state index contributed by atoms with van der Waals surface area (Å²) in [5, 5.41) is 3.37. The third-order valence-electron chi connectivity index (χ3n) is 4.88. The molecular formula is C21H22N4. The zero-order valence-electron chi connectivity index (χ0n) is 14.7. The lowest BCUT2D eigenvalue weighted by molar-refractivity contribution is 0.759. The number of nitrogens with one attached hydrogen (secondary N) is 1. The predicted molar refractivity (Wildman–Crippen MR) is 103 cm³/mol. The first-order chi connectivity index (χ1) is 12.2. The number of nitrogens with zero attached hydrogens (tertiary/aromatic N) is 3. The molecule has 4 heteroatoms. The molecule has 25 heavy (non-hydrogen) atoms. The second-order valence-corrected chi connectivity index (χ2v) is 6.49. The van der Waals surface area contributed by atoms with Crippen molar-refractivity contribution in [1.29, 1.82) is 0 Å². The van der Waals surface area contributed by atoms with E-state index >= 15 is 0 Å². The van der Waals surface area contributed by atoms with Crippen LogP contribution < -0.4 is 10.2 Å². The highest BCUT2D eigenvalue weighted by Gasteiger charge is 2.19. The summed E-state index contributed by atoms with van der Waals surface area (Å²) in [4.78, 5) is 11.5. The van der Waals surface area contributed by atoms with Crippen LogP contribution in [-0.4, -0.2) is 16.5 Å². The number of anilines is 4. The highest BCUT2D eigenvalue weighted by atomic mass is 15.2. The Morgan fingerprint density at radius 2 is 1.88 bits per heavy atom. The molecule has 1 aliphatic heterocycles. The van der Waals surface area contributed by atoms with Crippen LogP contribution in [0.4, 0.5) is 23.1 Å². The van der Waals surface area contributed by atoms with Gasteiger partial charge in [0.2, 0.25) is 5.95 Å². The van der Waals surface area contributed by atoms with Crippen LogP contribution in [-0.2, 0) is 6.42 Å². The SMILES string of the molecule is Cc1cccc(Nc2nccc(N3CCCc4ccccc43)n2)c1C. The molecule has 1 N–H and O–H groups in total. The number of benzene rings is 2. The summed E-state index contributed by atoms with van der Waals surface area (Å²) in [6.45, 7) is 5.21. The topological polar surface area (TPSA) is 41.1 Å². The molecule has 1 aromatic heterocycles. The van der Waals surface area contributed by atoms with Crippen molar-refractivity contribution in [3.63, 3.8) is 0 Å².